The Morgan fingerprint density at radius 2 is 2.00 bits per heavy atom. The van der Waals surface area contributed by atoms with E-state index < -0.39 is 0 Å². The topological polar surface area (TPSA) is 74.5 Å². The van der Waals surface area contributed by atoms with Gasteiger partial charge in [0, 0.05) is 35.3 Å². The summed E-state index contributed by atoms with van der Waals surface area (Å²) >= 11 is 0. The zero-order valence-corrected chi connectivity index (χ0v) is 12.6. The molecule has 3 rings (SSSR count). The number of para-hydroxylation sites is 1. The first kappa shape index (κ1) is 15.1. The standard InChI is InChI=1S/C18H18N2O3/c21-9-8-19-18(22)13-4-3-5-15(10-13)20-11-14-12-23-17-7-2-1-6-16(14)17/h1-7,10,12,20-21H,8-9,11H2,(H,19,22). The smallest absolute Gasteiger partial charge is 0.251 e. The lowest BCUT2D eigenvalue weighted by Gasteiger charge is -2.08. The average molecular weight is 310 g/mol. The first-order valence-corrected chi connectivity index (χ1v) is 7.46. The van der Waals surface area contributed by atoms with Crippen molar-refractivity contribution in [3.8, 4) is 0 Å². The largest absolute Gasteiger partial charge is 0.464 e. The molecule has 23 heavy (non-hydrogen) atoms. The molecule has 0 aliphatic heterocycles. The van der Waals surface area contributed by atoms with E-state index in [1.807, 2.05) is 36.4 Å². The Labute approximate surface area is 133 Å². The molecule has 0 fully saturated rings. The van der Waals surface area contributed by atoms with Gasteiger partial charge in [-0.25, -0.2) is 0 Å². The van der Waals surface area contributed by atoms with Gasteiger partial charge in [-0.15, -0.1) is 0 Å². The summed E-state index contributed by atoms with van der Waals surface area (Å²) in [4.78, 5) is 11.9. The maximum Gasteiger partial charge on any atom is 0.251 e. The highest BCUT2D eigenvalue weighted by molar-refractivity contribution is 5.95. The van der Waals surface area contributed by atoms with Gasteiger partial charge in [-0.2, -0.15) is 0 Å². The lowest BCUT2D eigenvalue weighted by Crippen LogP contribution is -2.26. The number of fused-ring (bicyclic) bond motifs is 1. The summed E-state index contributed by atoms with van der Waals surface area (Å²) in [5.74, 6) is -0.198. The maximum absolute atomic E-state index is 11.9. The van der Waals surface area contributed by atoms with E-state index in [0.29, 0.717) is 12.1 Å². The molecule has 0 aliphatic carbocycles. The molecule has 3 N–H and O–H groups in total. The minimum Gasteiger partial charge on any atom is -0.464 e. The zero-order chi connectivity index (χ0) is 16.1. The first-order chi connectivity index (χ1) is 11.3. The number of nitrogens with one attached hydrogen (secondary N) is 2. The normalized spacial score (nSPS) is 10.7. The van der Waals surface area contributed by atoms with Crippen molar-refractivity contribution < 1.29 is 14.3 Å². The molecule has 0 unspecified atom stereocenters. The molecular formula is C18H18N2O3. The van der Waals surface area contributed by atoms with Crippen LogP contribution in [0.3, 0.4) is 0 Å². The maximum atomic E-state index is 11.9. The quantitative estimate of drug-likeness (QED) is 0.654. The van der Waals surface area contributed by atoms with Crippen molar-refractivity contribution in [3.05, 3.63) is 65.9 Å². The number of hydrogen-bond acceptors (Lipinski definition) is 4. The Morgan fingerprint density at radius 1 is 1.13 bits per heavy atom. The van der Waals surface area contributed by atoms with Crippen LogP contribution in [0, 0.1) is 0 Å². The Hall–Kier alpha value is -2.79. The average Bonchev–Trinajstić information content (AvgIpc) is 3.01. The molecule has 1 amide bonds. The van der Waals surface area contributed by atoms with Gasteiger partial charge in [0.1, 0.15) is 5.58 Å². The number of aliphatic hydroxyl groups excluding tert-OH is 1. The SMILES string of the molecule is O=C(NCCO)c1cccc(NCc2coc3ccccc23)c1. The first-order valence-electron chi connectivity index (χ1n) is 7.46. The van der Waals surface area contributed by atoms with Crippen molar-refractivity contribution in [2.24, 2.45) is 0 Å². The van der Waals surface area contributed by atoms with Gasteiger partial charge in [0.05, 0.1) is 12.9 Å². The van der Waals surface area contributed by atoms with Crippen LogP contribution in [-0.2, 0) is 6.54 Å². The number of furan rings is 1. The second kappa shape index (κ2) is 6.98. The minimum absolute atomic E-state index is 0.0722. The summed E-state index contributed by atoms with van der Waals surface area (Å²) in [7, 11) is 0. The molecule has 5 nitrogen and oxygen atoms in total. The molecule has 1 heterocycles. The Morgan fingerprint density at radius 3 is 2.87 bits per heavy atom. The van der Waals surface area contributed by atoms with Crippen molar-refractivity contribution in [3.63, 3.8) is 0 Å². The van der Waals surface area contributed by atoms with Crippen molar-refractivity contribution in [1.29, 1.82) is 0 Å². The number of anilines is 1. The van der Waals surface area contributed by atoms with Gasteiger partial charge in [-0.1, -0.05) is 24.3 Å². The fraction of sp³-hybridized carbons (Fsp3) is 0.167. The van der Waals surface area contributed by atoms with E-state index in [0.717, 1.165) is 22.2 Å². The van der Waals surface area contributed by atoms with Gasteiger partial charge < -0.3 is 20.2 Å². The Balaban J connectivity index is 1.70. The van der Waals surface area contributed by atoms with Crippen LogP contribution < -0.4 is 10.6 Å². The molecule has 0 spiro atoms. The van der Waals surface area contributed by atoms with Crippen molar-refractivity contribution in [2.75, 3.05) is 18.5 Å². The van der Waals surface area contributed by atoms with E-state index >= 15 is 0 Å². The Bertz CT molecular complexity index is 811. The summed E-state index contributed by atoms with van der Waals surface area (Å²) < 4.78 is 5.52. The third-order valence-corrected chi connectivity index (χ3v) is 3.57. The molecular weight excluding hydrogens is 292 g/mol. The third-order valence-electron chi connectivity index (χ3n) is 3.57. The number of carbonyl (C=O) groups is 1. The number of aliphatic hydroxyl groups is 1. The second-order valence-electron chi connectivity index (χ2n) is 5.17. The summed E-state index contributed by atoms with van der Waals surface area (Å²) in [6.07, 6.45) is 1.75. The number of carbonyl (C=O) groups excluding carboxylic acids is 1. The van der Waals surface area contributed by atoms with Crippen LogP contribution in [0.4, 0.5) is 5.69 Å². The molecule has 3 aromatic rings. The molecule has 2 aromatic carbocycles. The molecule has 1 aromatic heterocycles. The fourth-order valence-corrected chi connectivity index (χ4v) is 2.41. The van der Waals surface area contributed by atoms with Crippen LogP contribution in [0.1, 0.15) is 15.9 Å². The van der Waals surface area contributed by atoms with E-state index in [9.17, 15) is 4.79 Å². The monoisotopic (exact) mass is 310 g/mol. The lowest BCUT2D eigenvalue weighted by molar-refractivity contribution is 0.0945. The molecule has 0 aliphatic rings. The zero-order valence-electron chi connectivity index (χ0n) is 12.6. The van der Waals surface area contributed by atoms with E-state index in [2.05, 4.69) is 10.6 Å². The van der Waals surface area contributed by atoms with Crippen LogP contribution in [0.5, 0.6) is 0 Å². The molecule has 0 bridgehead atoms. The highest BCUT2D eigenvalue weighted by atomic mass is 16.3. The predicted octanol–water partition coefficient (Wildman–Crippen LogP) is 2.77. The van der Waals surface area contributed by atoms with E-state index in [4.69, 9.17) is 9.52 Å². The molecule has 0 atom stereocenters. The van der Waals surface area contributed by atoms with Gasteiger partial charge in [0.15, 0.2) is 0 Å². The number of hydrogen-bond donors (Lipinski definition) is 3. The third kappa shape index (κ3) is 3.52. The second-order valence-corrected chi connectivity index (χ2v) is 5.17. The number of amides is 1. The van der Waals surface area contributed by atoms with Crippen LogP contribution in [0.25, 0.3) is 11.0 Å². The fourth-order valence-electron chi connectivity index (χ4n) is 2.41. The molecule has 0 saturated heterocycles. The van der Waals surface area contributed by atoms with Gasteiger partial charge >= 0.3 is 0 Å². The highest BCUT2D eigenvalue weighted by Gasteiger charge is 2.07. The van der Waals surface area contributed by atoms with E-state index in [-0.39, 0.29) is 19.1 Å². The molecule has 0 radical (unpaired) electrons. The summed E-state index contributed by atoms with van der Waals surface area (Å²) in [6, 6.07) is 15.1. The van der Waals surface area contributed by atoms with Crippen molar-refractivity contribution >= 4 is 22.6 Å². The van der Waals surface area contributed by atoms with Gasteiger partial charge in [-0.05, 0) is 24.3 Å². The predicted molar refractivity (Wildman–Crippen MR) is 89.4 cm³/mol. The van der Waals surface area contributed by atoms with Crippen molar-refractivity contribution in [1.82, 2.24) is 5.32 Å². The van der Waals surface area contributed by atoms with Crippen molar-refractivity contribution in [2.45, 2.75) is 6.54 Å². The molecule has 5 heteroatoms. The van der Waals surface area contributed by atoms with Crippen LogP contribution in [0.15, 0.2) is 59.2 Å². The number of benzene rings is 2. The Kier molecular flexibility index (Phi) is 4.59. The van der Waals surface area contributed by atoms with Gasteiger partial charge in [0.25, 0.3) is 5.91 Å². The lowest BCUT2D eigenvalue weighted by atomic mass is 10.1. The van der Waals surface area contributed by atoms with E-state index in [1.165, 1.54) is 0 Å². The van der Waals surface area contributed by atoms with Gasteiger partial charge in [-0.3, -0.25) is 4.79 Å². The molecule has 0 saturated carbocycles. The highest BCUT2D eigenvalue weighted by Crippen LogP contribution is 2.22. The van der Waals surface area contributed by atoms with Crippen LogP contribution in [-0.4, -0.2) is 24.2 Å². The summed E-state index contributed by atoms with van der Waals surface area (Å²) in [6.45, 7) is 0.785. The number of rotatable bonds is 6. The summed E-state index contributed by atoms with van der Waals surface area (Å²) in [5.41, 5.74) is 3.34. The van der Waals surface area contributed by atoms with E-state index in [1.54, 1.807) is 18.4 Å². The van der Waals surface area contributed by atoms with Gasteiger partial charge in [0.2, 0.25) is 0 Å². The summed E-state index contributed by atoms with van der Waals surface area (Å²) in [5, 5.41) is 15.8. The minimum atomic E-state index is -0.198. The van der Waals surface area contributed by atoms with Crippen LogP contribution >= 0.6 is 0 Å². The van der Waals surface area contributed by atoms with Crippen LogP contribution in [0.2, 0.25) is 0 Å². The molecule has 118 valence electrons.